The molecule has 2 aromatic heterocycles. The third kappa shape index (κ3) is 2.36. The van der Waals surface area contributed by atoms with Crippen LogP contribution in [0.15, 0.2) is 42.5 Å². The van der Waals surface area contributed by atoms with E-state index in [0.29, 0.717) is 11.5 Å². The first-order valence-corrected chi connectivity index (χ1v) is 5.84. The Hall–Kier alpha value is -2.54. The van der Waals surface area contributed by atoms with Crippen LogP contribution >= 0.6 is 0 Å². The molecule has 0 aliphatic rings. The molecule has 0 saturated heterocycles. The number of hydrogen-bond acceptors (Lipinski definition) is 6. The van der Waals surface area contributed by atoms with Crippen LogP contribution in [0.5, 0.6) is 0 Å². The highest BCUT2D eigenvalue weighted by Crippen LogP contribution is 2.17. The average Bonchev–Trinajstić information content (AvgIpc) is 2.93. The standard InChI is InChI=1S/C12H12N6O/c19-8-10(9-4-2-1-3-5-9)13-11-6-7-12-14-16-17-18(12)15-11/h1-7,10,19H,8H2,(H,13,15). The van der Waals surface area contributed by atoms with Gasteiger partial charge >= 0.3 is 0 Å². The summed E-state index contributed by atoms with van der Waals surface area (Å²) in [6.45, 7) is -0.0284. The van der Waals surface area contributed by atoms with Gasteiger partial charge in [0.2, 0.25) is 0 Å². The molecule has 1 unspecified atom stereocenters. The van der Waals surface area contributed by atoms with Gasteiger partial charge in [-0.15, -0.1) is 14.8 Å². The van der Waals surface area contributed by atoms with Crippen molar-refractivity contribution >= 4 is 11.5 Å². The Kier molecular flexibility index (Phi) is 3.03. The number of anilines is 1. The van der Waals surface area contributed by atoms with E-state index in [1.54, 1.807) is 12.1 Å². The molecule has 7 nitrogen and oxygen atoms in total. The molecule has 2 N–H and O–H groups in total. The first kappa shape index (κ1) is 11.5. The van der Waals surface area contributed by atoms with Crippen LogP contribution in [0.3, 0.4) is 0 Å². The molecule has 0 radical (unpaired) electrons. The maximum atomic E-state index is 9.48. The van der Waals surface area contributed by atoms with Gasteiger partial charge in [0.05, 0.1) is 12.6 Å². The number of aromatic nitrogens is 5. The monoisotopic (exact) mass is 256 g/mol. The number of hydrogen-bond donors (Lipinski definition) is 2. The minimum atomic E-state index is -0.220. The Morgan fingerprint density at radius 3 is 2.79 bits per heavy atom. The summed E-state index contributed by atoms with van der Waals surface area (Å²) in [6, 6.07) is 13.0. The van der Waals surface area contributed by atoms with Gasteiger partial charge in [0, 0.05) is 0 Å². The van der Waals surface area contributed by atoms with Gasteiger partial charge < -0.3 is 10.4 Å². The van der Waals surface area contributed by atoms with Crippen molar-refractivity contribution in [2.24, 2.45) is 0 Å². The topological polar surface area (TPSA) is 88.2 Å². The van der Waals surface area contributed by atoms with Gasteiger partial charge in [0.1, 0.15) is 5.82 Å². The second-order valence-electron chi connectivity index (χ2n) is 4.04. The van der Waals surface area contributed by atoms with E-state index < -0.39 is 0 Å². The Labute approximate surface area is 108 Å². The van der Waals surface area contributed by atoms with Crippen molar-refractivity contribution in [2.45, 2.75) is 6.04 Å². The molecular weight excluding hydrogens is 244 g/mol. The zero-order valence-corrected chi connectivity index (χ0v) is 10.0. The predicted octanol–water partition coefficient (Wildman–Crippen LogP) is 0.665. The molecule has 2 heterocycles. The van der Waals surface area contributed by atoms with Gasteiger partial charge in [-0.25, -0.2) is 0 Å². The fourth-order valence-electron chi connectivity index (χ4n) is 1.82. The lowest BCUT2D eigenvalue weighted by Crippen LogP contribution is -2.16. The first-order chi connectivity index (χ1) is 9.36. The van der Waals surface area contributed by atoms with Gasteiger partial charge in [0.25, 0.3) is 0 Å². The third-order valence-electron chi connectivity index (χ3n) is 2.78. The zero-order chi connectivity index (χ0) is 13.1. The molecule has 0 aliphatic heterocycles. The molecule has 96 valence electrons. The largest absolute Gasteiger partial charge is 0.394 e. The Bertz CT molecular complexity index is 668. The summed E-state index contributed by atoms with van der Waals surface area (Å²) < 4.78 is 1.34. The van der Waals surface area contributed by atoms with E-state index in [1.165, 1.54) is 4.63 Å². The molecule has 0 saturated carbocycles. The van der Waals surface area contributed by atoms with Gasteiger partial charge in [-0.2, -0.15) is 0 Å². The van der Waals surface area contributed by atoms with E-state index in [9.17, 15) is 5.11 Å². The molecule has 1 aromatic carbocycles. The van der Waals surface area contributed by atoms with Crippen LogP contribution in [0.1, 0.15) is 11.6 Å². The molecule has 1 atom stereocenters. The highest BCUT2D eigenvalue weighted by Gasteiger charge is 2.11. The van der Waals surface area contributed by atoms with Crippen LogP contribution in [0, 0.1) is 0 Å². The maximum Gasteiger partial charge on any atom is 0.200 e. The molecule has 7 heteroatoms. The minimum Gasteiger partial charge on any atom is -0.394 e. The molecule has 3 aromatic rings. The van der Waals surface area contributed by atoms with Crippen LogP contribution in [-0.4, -0.2) is 37.0 Å². The van der Waals surface area contributed by atoms with Crippen molar-refractivity contribution in [3.8, 4) is 0 Å². The second kappa shape index (κ2) is 4.99. The van der Waals surface area contributed by atoms with Crippen molar-refractivity contribution in [3.05, 3.63) is 48.0 Å². The van der Waals surface area contributed by atoms with Crippen LogP contribution in [0.4, 0.5) is 5.82 Å². The number of fused-ring (bicyclic) bond motifs is 1. The van der Waals surface area contributed by atoms with E-state index in [0.717, 1.165) is 5.56 Å². The summed E-state index contributed by atoms with van der Waals surface area (Å²) in [7, 11) is 0. The zero-order valence-electron chi connectivity index (χ0n) is 10.0. The molecule has 0 spiro atoms. The van der Waals surface area contributed by atoms with Crippen molar-refractivity contribution in [1.82, 2.24) is 25.3 Å². The van der Waals surface area contributed by atoms with Gasteiger partial charge in [-0.1, -0.05) is 30.3 Å². The molecule has 19 heavy (non-hydrogen) atoms. The van der Waals surface area contributed by atoms with Crippen molar-refractivity contribution in [3.63, 3.8) is 0 Å². The fraction of sp³-hybridized carbons (Fsp3) is 0.167. The van der Waals surface area contributed by atoms with Gasteiger partial charge in [-0.3, -0.25) is 0 Å². The average molecular weight is 256 g/mol. The van der Waals surface area contributed by atoms with E-state index >= 15 is 0 Å². The van der Waals surface area contributed by atoms with E-state index in [2.05, 4.69) is 25.9 Å². The van der Waals surface area contributed by atoms with Gasteiger partial charge in [-0.05, 0) is 28.1 Å². The third-order valence-corrected chi connectivity index (χ3v) is 2.78. The Balaban J connectivity index is 1.86. The molecule has 0 amide bonds. The number of aliphatic hydroxyl groups is 1. The smallest absolute Gasteiger partial charge is 0.200 e. The van der Waals surface area contributed by atoms with Gasteiger partial charge in [0.15, 0.2) is 5.65 Å². The molecule has 0 bridgehead atoms. The lowest BCUT2D eigenvalue weighted by molar-refractivity contribution is 0.276. The highest BCUT2D eigenvalue weighted by molar-refractivity contribution is 5.43. The quantitative estimate of drug-likeness (QED) is 0.713. The van der Waals surface area contributed by atoms with Crippen LogP contribution in [0.2, 0.25) is 0 Å². The van der Waals surface area contributed by atoms with Crippen molar-refractivity contribution in [2.75, 3.05) is 11.9 Å². The van der Waals surface area contributed by atoms with Crippen LogP contribution in [-0.2, 0) is 0 Å². The summed E-state index contributed by atoms with van der Waals surface area (Å²) in [6.07, 6.45) is 0. The highest BCUT2D eigenvalue weighted by atomic mass is 16.3. The lowest BCUT2D eigenvalue weighted by Gasteiger charge is -2.16. The van der Waals surface area contributed by atoms with Crippen LogP contribution < -0.4 is 5.32 Å². The molecule has 0 fully saturated rings. The summed E-state index contributed by atoms with van der Waals surface area (Å²) in [5, 5.41) is 27.9. The van der Waals surface area contributed by atoms with E-state index in [-0.39, 0.29) is 12.6 Å². The number of tetrazole rings is 1. The summed E-state index contributed by atoms with van der Waals surface area (Å²) in [4.78, 5) is 0. The Morgan fingerprint density at radius 2 is 2.00 bits per heavy atom. The van der Waals surface area contributed by atoms with Crippen LogP contribution in [0.25, 0.3) is 5.65 Å². The van der Waals surface area contributed by atoms with Crippen molar-refractivity contribution in [1.29, 1.82) is 0 Å². The number of aliphatic hydroxyl groups excluding tert-OH is 1. The summed E-state index contributed by atoms with van der Waals surface area (Å²) in [5.74, 6) is 0.600. The normalized spacial score (nSPS) is 12.5. The molecular formula is C12H12N6O. The molecule has 3 rings (SSSR count). The fourth-order valence-corrected chi connectivity index (χ4v) is 1.82. The maximum absolute atomic E-state index is 9.48. The Morgan fingerprint density at radius 1 is 1.16 bits per heavy atom. The van der Waals surface area contributed by atoms with Crippen molar-refractivity contribution < 1.29 is 5.11 Å². The molecule has 0 aliphatic carbocycles. The summed E-state index contributed by atoms with van der Waals surface area (Å²) in [5.41, 5.74) is 1.56. The number of rotatable bonds is 4. The SMILES string of the molecule is OCC(Nc1ccc2nnnn2n1)c1ccccc1. The lowest BCUT2D eigenvalue weighted by atomic mass is 10.1. The minimum absolute atomic E-state index is 0.0284. The number of nitrogens with one attached hydrogen (secondary N) is 1. The number of benzene rings is 1. The first-order valence-electron chi connectivity index (χ1n) is 5.84. The predicted molar refractivity (Wildman–Crippen MR) is 68.5 cm³/mol. The van der Waals surface area contributed by atoms with E-state index in [1.807, 2.05) is 30.3 Å². The number of nitrogens with zero attached hydrogens (tertiary/aromatic N) is 5. The second-order valence-corrected chi connectivity index (χ2v) is 4.04. The summed E-state index contributed by atoms with van der Waals surface area (Å²) >= 11 is 0. The van der Waals surface area contributed by atoms with E-state index in [4.69, 9.17) is 0 Å².